The molecule has 0 aromatic heterocycles. The van der Waals surface area contributed by atoms with Crippen LogP contribution in [-0.2, 0) is 25.2 Å². The Morgan fingerprint density at radius 1 is 1.21 bits per heavy atom. The summed E-state index contributed by atoms with van der Waals surface area (Å²) in [5.74, 6) is -2.27. The number of alkyl halides is 4. The van der Waals surface area contributed by atoms with Crippen LogP contribution in [0.4, 0.5) is 23.2 Å². The van der Waals surface area contributed by atoms with E-state index in [1.165, 1.54) is 35.1 Å². The molecule has 42 heavy (non-hydrogen) atoms. The zero-order valence-electron chi connectivity index (χ0n) is 22.3. The molecular weight excluding hydrogens is 562 g/mol. The van der Waals surface area contributed by atoms with Crippen molar-refractivity contribution in [1.82, 2.24) is 10.2 Å². The van der Waals surface area contributed by atoms with E-state index in [0.29, 0.717) is 6.07 Å². The molecule has 14 heteroatoms. The molecule has 220 valence electrons. The number of nitriles is 1. The van der Waals surface area contributed by atoms with E-state index < -0.39 is 53.5 Å². The van der Waals surface area contributed by atoms with Gasteiger partial charge in [-0.25, -0.2) is 9.38 Å². The zero-order chi connectivity index (χ0) is 30.2. The number of ether oxygens (including phenoxy) is 2. The lowest BCUT2D eigenvalue weighted by molar-refractivity contribution is -0.137. The second-order valence-corrected chi connectivity index (χ2v) is 9.95. The first kappa shape index (κ1) is 29.2. The number of benzene rings is 1. The Labute approximate surface area is 237 Å². The predicted molar refractivity (Wildman–Crippen MR) is 140 cm³/mol. The van der Waals surface area contributed by atoms with Crippen LogP contribution in [-0.4, -0.2) is 93.2 Å². The Hall–Kier alpha value is -4.35. The third kappa shape index (κ3) is 5.57. The SMILES string of the molecule is CO[C@H]1CN(c2c(C(=O)N3CCOCC3)cc(C#N)cc2C(F)(F)F)C[C@@H]1NC(=O)C1=CC(=O)N=C2C1=CC=CC2F. The molecular formula is C28H25F4N5O5. The van der Waals surface area contributed by atoms with Crippen LogP contribution in [0.15, 0.2) is 52.6 Å². The van der Waals surface area contributed by atoms with Gasteiger partial charge in [-0.15, -0.1) is 0 Å². The van der Waals surface area contributed by atoms with Gasteiger partial charge in [0, 0.05) is 44.9 Å². The summed E-state index contributed by atoms with van der Waals surface area (Å²) in [4.78, 5) is 45.3. The molecule has 0 spiro atoms. The maximum Gasteiger partial charge on any atom is 0.418 e. The Morgan fingerprint density at radius 3 is 2.62 bits per heavy atom. The lowest BCUT2D eigenvalue weighted by atomic mass is 9.91. The molecule has 2 saturated heterocycles. The third-order valence-corrected chi connectivity index (χ3v) is 7.39. The van der Waals surface area contributed by atoms with E-state index in [1.807, 2.05) is 0 Å². The fourth-order valence-corrected chi connectivity index (χ4v) is 5.40. The molecule has 5 rings (SSSR count). The van der Waals surface area contributed by atoms with Crippen molar-refractivity contribution in [1.29, 1.82) is 5.26 Å². The van der Waals surface area contributed by atoms with Crippen LogP contribution in [0.2, 0.25) is 0 Å². The number of fused-ring (bicyclic) bond motifs is 1. The van der Waals surface area contributed by atoms with Crippen molar-refractivity contribution < 1.29 is 41.4 Å². The normalized spacial score (nSPS) is 24.0. The zero-order valence-corrected chi connectivity index (χ0v) is 22.3. The highest BCUT2D eigenvalue weighted by Gasteiger charge is 2.43. The number of dihydropyridines is 1. The van der Waals surface area contributed by atoms with Gasteiger partial charge in [0.1, 0.15) is 0 Å². The maximum absolute atomic E-state index is 14.4. The lowest BCUT2D eigenvalue weighted by Gasteiger charge is -2.31. The van der Waals surface area contributed by atoms with E-state index in [9.17, 15) is 37.2 Å². The topological polar surface area (TPSA) is 124 Å². The highest BCUT2D eigenvalue weighted by molar-refractivity contribution is 6.24. The molecule has 0 bridgehead atoms. The van der Waals surface area contributed by atoms with E-state index in [4.69, 9.17) is 9.47 Å². The molecule has 3 aliphatic heterocycles. The van der Waals surface area contributed by atoms with Crippen LogP contribution in [0.25, 0.3) is 0 Å². The molecule has 1 N–H and O–H groups in total. The highest BCUT2D eigenvalue weighted by Crippen LogP contribution is 2.41. The minimum Gasteiger partial charge on any atom is -0.378 e. The van der Waals surface area contributed by atoms with Gasteiger partial charge in [-0.05, 0) is 18.2 Å². The number of carbonyl (C=O) groups is 3. The van der Waals surface area contributed by atoms with E-state index in [1.54, 1.807) is 6.07 Å². The van der Waals surface area contributed by atoms with Gasteiger partial charge in [0.25, 0.3) is 17.7 Å². The number of hydrogen-bond acceptors (Lipinski definition) is 7. The number of allylic oxidation sites excluding steroid dienone is 3. The minimum absolute atomic E-state index is 0.121. The summed E-state index contributed by atoms with van der Waals surface area (Å²) < 4.78 is 68.3. The molecule has 0 radical (unpaired) electrons. The molecule has 2 fully saturated rings. The minimum atomic E-state index is -4.92. The smallest absolute Gasteiger partial charge is 0.378 e. The second-order valence-electron chi connectivity index (χ2n) is 9.95. The molecule has 3 amide bonds. The largest absolute Gasteiger partial charge is 0.418 e. The van der Waals surface area contributed by atoms with E-state index in [2.05, 4.69) is 10.3 Å². The summed E-state index contributed by atoms with van der Waals surface area (Å²) in [6.07, 6.45) is -2.44. The van der Waals surface area contributed by atoms with Gasteiger partial charge in [0.15, 0.2) is 6.17 Å². The fourth-order valence-electron chi connectivity index (χ4n) is 5.40. The van der Waals surface area contributed by atoms with Crippen molar-refractivity contribution in [3.63, 3.8) is 0 Å². The number of nitrogens with one attached hydrogen (secondary N) is 1. The average molecular weight is 588 g/mol. The fraction of sp³-hybridized carbons (Fsp3) is 0.393. The molecule has 0 saturated carbocycles. The molecule has 4 aliphatic rings. The lowest BCUT2D eigenvalue weighted by Crippen LogP contribution is -2.45. The molecule has 1 unspecified atom stereocenters. The van der Waals surface area contributed by atoms with Crippen molar-refractivity contribution in [2.45, 2.75) is 24.5 Å². The van der Waals surface area contributed by atoms with Crippen LogP contribution >= 0.6 is 0 Å². The molecule has 1 aromatic carbocycles. The second kappa shape index (κ2) is 11.5. The summed E-state index contributed by atoms with van der Waals surface area (Å²) in [7, 11) is 1.33. The predicted octanol–water partition coefficient (Wildman–Crippen LogP) is 2.11. The van der Waals surface area contributed by atoms with Gasteiger partial charge in [0.05, 0.1) is 65.1 Å². The Bertz CT molecular complexity index is 1490. The number of halogens is 4. The van der Waals surface area contributed by atoms with Gasteiger partial charge in [-0.3, -0.25) is 14.4 Å². The molecule has 1 aromatic rings. The van der Waals surface area contributed by atoms with Crippen molar-refractivity contribution in [2.24, 2.45) is 4.99 Å². The van der Waals surface area contributed by atoms with Gasteiger partial charge < -0.3 is 24.6 Å². The van der Waals surface area contributed by atoms with Crippen molar-refractivity contribution in [2.75, 3.05) is 51.4 Å². The van der Waals surface area contributed by atoms with Crippen molar-refractivity contribution >= 4 is 29.1 Å². The van der Waals surface area contributed by atoms with Crippen LogP contribution in [0.3, 0.4) is 0 Å². The number of methoxy groups -OCH3 is 1. The number of anilines is 1. The standard InChI is InChI=1S/C28H25F4N5O5/c1-41-22-14-37(13-21(22)34-26(39)17-11-23(38)35-24-16(17)3-2-4-20(24)29)25-18(27(40)36-5-7-42-8-6-36)9-15(12-33)10-19(25)28(30,31)32/h2-4,9-11,20-22H,5-8,13-14H2,1H3,(H,34,39)/t20?,21-,22-/m0/s1. The summed E-state index contributed by atoms with van der Waals surface area (Å²) >= 11 is 0. The van der Waals surface area contributed by atoms with Gasteiger partial charge in [-0.1, -0.05) is 12.2 Å². The molecule has 3 atom stereocenters. The van der Waals surface area contributed by atoms with E-state index >= 15 is 0 Å². The summed E-state index contributed by atoms with van der Waals surface area (Å²) in [5.41, 5.74) is -2.46. The number of aliphatic imine (C=N–C) groups is 1. The van der Waals surface area contributed by atoms with Gasteiger partial charge in [0.2, 0.25) is 0 Å². The maximum atomic E-state index is 14.4. The first-order chi connectivity index (χ1) is 20.0. The van der Waals surface area contributed by atoms with Crippen molar-refractivity contribution in [3.05, 3.63) is 64.3 Å². The molecule has 1 aliphatic carbocycles. The highest BCUT2D eigenvalue weighted by atomic mass is 19.4. The number of rotatable bonds is 5. The number of hydrogen-bond donors (Lipinski definition) is 1. The molecule has 3 heterocycles. The quantitative estimate of drug-likeness (QED) is 0.524. The monoisotopic (exact) mass is 587 g/mol. The van der Waals surface area contributed by atoms with Crippen LogP contribution in [0, 0.1) is 11.3 Å². The number of amides is 3. The number of morpholine rings is 1. The summed E-state index contributed by atoms with van der Waals surface area (Å²) in [5, 5.41) is 12.1. The molecule has 10 nitrogen and oxygen atoms in total. The average Bonchev–Trinajstić information content (AvgIpc) is 3.38. The number of carbonyl (C=O) groups excluding carboxylic acids is 3. The third-order valence-electron chi connectivity index (χ3n) is 7.39. The van der Waals surface area contributed by atoms with Crippen LogP contribution in [0.1, 0.15) is 21.5 Å². The summed E-state index contributed by atoms with van der Waals surface area (Å²) in [6, 6.07) is 2.64. The van der Waals surface area contributed by atoms with Crippen LogP contribution in [0.5, 0.6) is 0 Å². The first-order valence-electron chi connectivity index (χ1n) is 13.0. The van der Waals surface area contributed by atoms with Gasteiger partial charge >= 0.3 is 6.18 Å². The first-order valence-corrected chi connectivity index (χ1v) is 13.0. The number of nitrogens with zero attached hydrogens (tertiary/aromatic N) is 4. The van der Waals surface area contributed by atoms with E-state index in [0.717, 1.165) is 12.1 Å². The van der Waals surface area contributed by atoms with E-state index in [-0.39, 0.29) is 67.4 Å². The Kier molecular flexibility index (Phi) is 7.98. The Balaban J connectivity index is 1.48. The summed E-state index contributed by atoms with van der Waals surface area (Å²) in [6.45, 7) is 0.432. The van der Waals surface area contributed by atoms with Crippen LogP contribution < -0.4 is 10.2 Å². The Morgan fingerprint density at radius 2 is 1.95 bits per heavy atom. The van der Waals surface area contributed by atoms with Gasteiger partial charge in [-0.2, -0.15) is 18.4 Å². The van der Waals surface area contributed by atoms with Crippen molar-refractivity contribution in [3.8, 4) is 6.07 Å².